The molecule has 2 aromatic carbocycles. The summed E-state index contributed by atoms with van der Waals surface area (Å²) in [4.78, 5) is 0. The van der Waals surface area contributed by atoms with E-state index >= 15 is 0 Å². The maximum absolute atomic E-state index is 13.6. The van der Waals surface area contributed by atoms with Crippen LogP contribution in [0.5, 0.6) is 11.5 Å². The van der Waals surface area contributed by atoms with E-state index in [2.05, 4.69) is 15.9 Å². The smallest absolute Gasteiger partial charge is 0.198 e. The van der Waals surface area contributed by atoms with Crippen molar-refractivity contribution >= 4 is 15.9 Å². The lowest BCUT2D eigenvalue weighted by atomic mass is 10.2. The predicted octanol–water partition coefficient (Wildman–Crippen LogP) is 4.53. The van der Waals surface area contributed by atoms with E-state index in [0.717, 1.165) is 18.2 Å². The molecule has 2 nitrogen and oxygen atoms in total. The minimum atomic E-state index is -1.03. The van der Waals surface area contributed by atoms with Gasteiger partial charge in [0, 0.05) is 10.5 Å². The lowest BCUT2D eigenvalue weighted by molar-refractivity contribution is 0.404. The fourth-order valence-electron chi connectivity index (χ4n) is 1.43. The van der Waals surface area contributed by atoms with Crippen LogP contribution in [0.1, 0.15) is 5.56 Å². The highest BCUT2D eigenvalue weighted by Gasteiger charge is 2.14. The summed E-state index contributed by atoms with van der Waals surface area (Å²) in [6, 6.07) is 6.82. The Balaban J connectivity index is 2.41. The van der Waals surface area contributed by atoms with Crippen molar-refractivity contribution in [3.8, 4) is 17.6 Å². The van der Waals surface area contributed by atoms with E-state index in [-0.39, 0.29) is 11.3 Å². The summed E-state index contributed by atoms with van der Waals surface area (Å²) in [7, 11) is 0. The molecule has 0 spiro atoms. The van der Waals surface area contributed by atoms with Gasteiger partial charge in [0.05, 0.1) is 11.6 Å². The van der Waals surface area contributed by atoms with Crippen molar-refractivity contribution < 1.29 is 17.9 Å². The predicted molar refractivity (Wildman–Crippen MR) is 65.2 cm³/mol. The molecule has 0 saturated carbocycles. The molecule has 0 radical (unpaired) electrons. The van der Waals surface area contributed by atoms with Gasteiger partial charge in [0.25, 0.3) is 0 Å². The highest BCUT2D eigenvalue weighted by atomic mass is 79.9. The van der Waals surface area contributed by atoms with Crippen LogP contribution >= 0.6 is 15.9 Å². The molecule has 19 heavy (non-hydrogen) atoms. The summed E-state index contributed by atoms with van der Waals surface area (Å²) in [6.45, 7) is 0. The van der Waals surface area contributed by atoms with Crippen molar-refractivity contribution in [2.24, 2.45) is 0 Å². The van der Waals surface area contributed by atoms with Crippen molar-refractivity contribution in [2.75, 3.05) is 0 Å². The first kappa shape index (κ1) is 13.4. The lowest BCUT2D eigenvalue weighted by Gasteiger charge is -2.08. The highest BCUT2D eigenvalue weighted by molar-refractivity contribution is 9.10. The molecule has 0 unspecified atom stereocenters. The van der Waals surface area contributed by atoms with Crippen molar-refractivity contribution in [3.63, 3.8) is 0 Å². The minimum Gasteiger partial charge on any atom is -0.451 e. The van der Waals surface area contributed by atoms with Crippen LogP contribution in [0.25, 0.3) is 0 Å². The Bertz CT molecular complexity index is 639. The molecular formula is C13H5BrF3NO. The minimum absolute atomic E-state index is 0.0608. The van der Waals surface area contributed by atoms with Gasteiger partial charge in [-0.15, -0.1) is 0 Å². The number of hydrogen-bond acceptors (Lipinski definition) is 2. The number of benzene rings is 2. The molecule has 0 aliphatic carbocycles. The van der Waals surface area contributed by atoms with Crippen LogP contribution in [0.2, 0.25) is 0 Å². The zero-order valence-corrected chi connectivity index (χ0v) is 10.8. The quantitative estimate of drug-likeness (QED) is 0.811. The SMILES string of the molecule is N#Cc1cc(F)c(Oc2cc(F)cc(Br)c2)c(F)c1. The summed E-state index contributed by atoms with van der Waals surface area (Å²) in [5.41, 5.74) is -0.164. The van der Waals surface area contributed by atoms with E-state index < -0.39 is 23.2 Å². The van der Waals surface area contributed by atoms with E-state index in [1.165, 1.54) is 12.1 Å². The second-order valence-corrected chi connectivity index (χ2v) is 4.50. The summed E-state index contributed by atoms with van der Waals surface area (Å²) < 4.78 is 45.6. The standard InChI is InChI=1S/C13H5BrF3NO/c14-8-3-9(15)5-10(4-8)19-13-11(16)1-7(6-18)2-12(13)17/h1-5H. The number of ether oxygens (including phenoxy) is 1. The normalized spacial score (nSPS) is 10.1. The van der Waals surface area contributed by atoms with Crippen LogP contribution in [0.4, 0.5) is 13.2 Å². The van der Waals surface area contributed by atoms with Crippen molar-refractivity contribution in [1.29, 1.82) is 5.26 Å². The van der Waals surface area contributed by atoms with E-state index in [1.807, 2.05) is 0 Å². The highest BCUT2D eigenvalue weighted by Crippen LogP contribution is 2.30. The Morgan fingerprint density at radius 1 is 1.00 bits per heavy atom. The fourth-order valence-corrected chi connectivity index (χ4v) is 1.87. The van der Waals surface area contributed by atoms with Gasteiger partial charge in [0.2, 0.25) is 0 Å². The van der Waals surface area contributed by atoms with E-state index in [9.17, 15) is 13.2 Å². The van der Waals surface area contributed by atoms with Crippen molar-refractivity contribution in [3.05, 3.63) is 57.8 Å². The zero-order valence-electron chi connectivity index (χ0n) is 9.25. The third kappa shape index (κ3) is 3.06. The summed E-state index contributed by atoms with van der Waals surface area (Å²) in [6.07, 6.45) is 0. The zero-order chi connectivity index (χ0) is 14.0. The molecule has 0 heterocycles. The largest absolute Gasteiger partial charge is 0.451 e. The number of rotatable bonds is 2. The van der Waals surface area contributed by atoms with Crippen molar-refractivity contribution in [1.82, 2.24) is 0 Å². The van der Waals surface area contributed by atoms with Gasteiger partial charge in [-0.05, 0) is 24.3 Å². The Morgan fingerprint density at radius 3 is 2.16 bits per heavy atom. The number of nitrogens with zero attached hydrogens (tertiary/aromatic N) is 1. The Kier molecular flexibility index (Phi) is 3.76. The Morgan fingerprint density at radius 2 is 1.63 bits per heavy atom. The maximum atomic E-state index is 13.6. The van der Waals surface area contributed by atoms with E-state index in [1.54, 1.807) is 6.07 Å². The second kappa shape index (κ2) is 5.33. The summed E-state index contributed by atoms with van der Waals surface area (Å²) >= 11 is 3.04. The van der Waals surface area contributed by atoms with Gasteiger partial charge in [-0.25, -0.2) is 13.2 Å². The first-order chi connectivity index (χ1) is 8.99. The van der Waals surface area contributed by atoms with Gasteiger partial charge >= 0.3 is 0 Å². The van der Waals surface area contributed by atoms with Gasteiger partial charge in [-0.1, -0.05) is 15.9 Å². The molecule has 0 aliphatic heterocycles. The van der Waals surface area contributed by atoms with Crippen LogP contribution in [-0.2, 0) is 0 Å². The van der Waals surface area contributed by atoms with Gasteiger partial charge < -0.3 is 4.74 Å². The molecule has 0 atom stereocenters. The fraction of sp³-hybridized carbons (Fsp3) is 0. The van der Waals surface area contributed by atoms with Crippen LogP contribution in [0.15, 0.2) is 34.8 Å². The molecule has 6 heteroatoms. The van der Waals surface area contributed by atoms with Gasteiger partial charge in [0.1, 0.15) is 11.6 Å². The molecular weight excluding hydrogens is 323 g/mol. The molecule has 0 bridgehead atoms. The molecule has 2 aromatic rings. The third-order valence-corrected chi connectivity index (χ3v) is 2.64. The van der Waals surface area contributed by atoms with Crippen LogP contribution in [0.3, 0.4) is 0 Å². The van der Waals surface area contributed by atoms with Crippen LogP contribution in [0, 0.1) is 28.8 Å². The molecule has 0 fully saturated rings. The van der Waals surface area contributed by atoms with Crippen molar-refractivity contribution in [2.45, 2.75) is 0 Å². The average Bonchev–Trinajstić information content (AvgIpc) is 2.32. The van der Waals surface area contributed by atoms with E-state index in [0.29, 0.717) is 4.47 Å². The average molecular weight is 328 g/mol. The number of hydrogen-bond donors (Lipinski definition) is 0. The second-order valence-electron chi connectivity index (χ2n) is 3.59. The van der Waals surface area contributed by atoms with Gasteiger partial charge in [-0.3, -0.25) is 0 Å². The lowest BCUT2D eigenvalue weighted by Crippen LogP contribution is -1.94. The first-order valence-corrected chi connectivity index (χ1v) is 5.82. The Labute approximate surface area is 115 Å². The van der Waals surface area contributed by atoms with E-state index in [4.69, 9.17) is 10.00 Å². The molecule has 0 aliphatic rings. The first-order valence-electron chi connectivity index (χ1n) is 5.02. The summed E-state index contributed by atoms with van der Waals surface area (Å²) in [5.74, 6) is -3.42. The molecule has 0 saturated heterocycles. The van der Waals surface area contributed by atoms with Gasteiger partial charge in [0.15, 0.2) is 17.4 Å². The monoisotopic (exact) mass is 327 g/mol. The molecule has 0 amide bonds. The van der Waals surface area contributed by atoms with Gasteiger partial charge in [-0.2, -0.15) is 5.26 Å². The topological polar surface area (TPSA) is 33.0 Å². The third-order valence-electron chi connectivity index (χ3n) is 2.18. The Hall–Kier alpha value is -2.00. The number of nitriles is 1. The molecule has 0 N–H and O–H groups in total. The molecule has 96 valence electrons. The summed E-state index contributed by atoms with van der Waals surface area (Å²) in [5, 5.41) is 8.56. The maximum Gasteiger partial charge on any atom is 0.198 e. The molecule has 0 aromatic heterocycles. The van der Waals surface area contributed by atoms with Crippen LogP contribution in [-0.4, -0.2) is 0 Å². The molecule has 2 rings (SSSR count). The number of halogens is 4. The van der Waals surface area contributed by atoms with Crippen LogP contribution < -0.4 is 4.74 Å².